The van der Waals surface area contributed by atoms with E-state index in [-0.39, 0.29) is 5.41 Å². The molecule has 0 heterocycles. The first-order valence-electron chi connectivity index (χ1n) is 6.95. The summed E-state index contributed by atoms with van der Waals surface area (Å²) in [5.41, 5.74) is 10.9. The maximum atomic E-state index is 5.95. The molecule has 0 radical (unpaired) electrons. The van der Waals surface area contributed by atoms with Crippen LogP contribution in [-0.2, 0) is 11.2 Å². The minimum absolute atomic E-state index is 0.216. The van der Waals surface area contributed by atoms with Crippen molar-refractivity contribution in [2.75, 3.05) is 5.73 Å². The molecule has 0 saturated heterocycles. The molecule has 0 fully saturated rings. The van der Waals surface area contributed by atoms with Crippen molar-refractivity contribution in [1.29, 1.82) is 0 Å². The van der Waals surface area contributed by atoms with E-state index in [0.29, 0.717) is 0 Å². The lowest BCUT2D eigenvalue weighted by Crippen LogP contribution is -2.10. The molecule has 0 spiro atoms. The Morgan fingerprint density at radius 3 is 2.25 bits per heavy atom. The van der Waals surface area contributed by atoms with Crippen molar-refractivity contribution >= 4 is 17.4 Å². The van der Waals surface area contributed by atoms with E-state index >= 15 is 0 Å². The number of hydrogen-bond donors (Lipinski definition) is 1. The van der Waals surface area contributed by atoms with E-state index in [1.165, 1.54) is 21.6 Å². The highest BCUT2D eigenvalue weighted by Gasteiger charge is 2.12. The third-order valence-electron chi connectivity index (χ3n) is 3.60. The van der Waals surface area contributed by atoms with E-state index in [1.54, 1.807) is 0 Å². The second-order valence-corrected chi connectivity index (χ2v) is 7.24. The quantitative estimate of drug-likeness (QED) is 0.622. The summed E-state index contributed by atoms with van der Waals surface area (Å²) >= 11 is 1.86. The van der Waals surface area contributed by atoms with Gasteiger partial charge in [0.1, 0.15) is 0 Å². The molecule has 0 atom stereocenters. The first-order chi connectivity index (χ1) is 9.38. The third-order valence-corrected chi connectivity index (χ3v) is 4.66. The molecule has 0 bridgehead atoms. The van der Waals surface area contributed by atoms with Crippen molar-refractivity contribution in [3.8, 4) is 0 Å². The fourth-order valence-corrected chi connectivity index (χ4v) is 3.04. The Morgan fingerprint density at radius 2 is 1.65 bits per heavy atom. The van der Waals surface area contributed by atoms with Crippen LogP contribution in [0.3, 0.4) is 0 Å². The summed E-state index contributed by atoms with van der Waals surface area (Å²) in [4.78, 5) is 1.31. The van der Waals surface area contributed by atoms with Gasteiger partial charge in [0.15, 0.2) is 0 Å². The maximum absolute atomic E-state index is 5.95. The summed E-state index contributed by atoms with van der Waals surface area (Å²) in [6, 6.07) is 15.0. The maximum Gasteiger partial charge on any atom is 0.0346 e. The lowest BCUT2D eigenvalue weighted by atomic mass is 9.87. The minimum Gasteiger partial charge on any atom is -0.399 e. The summed E-state index contributed by atoms with van der Waals surface area (Å²) in [5.74, 6) is 0.964. The smallest absolute Gasteiger partial charge is 0.0346 e. The van der Waals surface area contributed by atoms with Crippen molar-refractivity contribution in [1.82, 2.24) is 0 Å². The van der Waals surface area contributed by atoms with Gasteiger partial charge in [0.2, 0.25) is 0 Å². The van der Waals surface area contributed by atoms with E-state index in [9.17, 15) is 0 Å². The Balaban J connectivity index is 2.06. The SMILES string of the molecule is Cc1c(N)cccc1CSc1ccc(C(C)(C)C)cc1. The van der Waals surface area contributed by atoms with Crippen LogP contribution in [0.25, 0.3) is 0 Å². The molecule has 106 valence electrons. The second kappa shape index (κ2) is 5.92. The lowest BCUT2D eigenvalue weighted by molar-refractivity contribution is 0.590. The zero-order valence-electron chi connectivity index (χ0n) is 12.7. The van der Waals surface area contributed by atoms with Crippen LogP contribution in [0.1, 0.15) is 37.5 Å². The van der Waals surface area contributed by atoms with E-state index in [0.717, 1.165) is 11.4 Å². The molecule has 1 nitrogen and oxygen atoms in total. The number of thioether (sulfide) groups is 1. The van der Waals surface area contributed by atoms with Crippen LogP contribution in [0, 0.1) is 6.92 Å². The molecule has 0 aliphatic heterocycles. The Kier molecular flexibility index (Phi) is 4.44. The molecule has 2 aromatic carbocycles. The van der Waals surface area contributed by atoms with Crippen LogP contribution in [0.5, 0.6) is 0 Å². The molecule has 2 heteroatoms. The molecule has 0 aromatic heterocycles. The number of anilines is 1. The molecular formula is C18H23NS. The number of nitrogens with two attached hydrogens (primary N) is 1. The van der Waals surface area contributed by atoms with Gasteiger partial charge < -0.3 is 5.73 Å². The molecular weight excluding hydrogens is 262 g/mol. The molecule has 0 unspecified atom stereocenters. The number of rotatable bonds is 3. The van der Waals surface area contributed by atoms with Gasteiger partial charge in [-0.15, -0.1) is 11.8 Å². The van der Waals surface area contributed by atoms with Crippen LogP contribution >= 0.6 is 11.8 Å². The van der Waals surface area contributed by atoms with Crippen LogP contribution in [0.15, 0.2) is 47.4 Å². The van der Waals surface area contributed by atoms with Crippen LogP contribution in [-0.4, -0.2) is 0 Å². The Labute approximate surface area is 126 Å². The van der Waals surface area contributed by atoms with Crippen molar-refractivity contribution in [2.45, 2.75) is 43.8 Å². The molecule has 20 heavy (non-hydrogen) atoms. The standard InChI is InChI=1S/C18H23NS/c1-13-14(6-5-7-17(13)19)12-20-16-10-8-15(9-11-16)18(2,3)4/h5-11H,12,19H2,1-4H3. The van der Waals surface area contributed by atoms with Crippen molar-refractivity contribution < 1.29 is 0 Å². The summed E-state index contributed by atoms with van der Waals surface area (Å²) < 4.78 is 0. The van der Waals surface area contributed by atoms with Crippen molar-refractivity contribution in [3.63, 3.8) is 0 Å². The fourth-order valence-electron chi connectivity index (χ4n) is 2.07. The van der Waals surface area contributed by atoms with Gasteiger partial charge in [-0.1, -0.05) is 45.0 Å². The topological polar surface area (TPSA) is 26.0 Å². The highest BCUT2D eigenvalue weighted by molar-refractivity contribution is 7.98. The summed E-state index contributed by atoms with van der Waals surface area (Å²) in [7, 11) is 0. The highest BCUT2D eigenvalue weighted by Crippen LogP contribution is 2.29. The van der Waals surface area contributed by atoms with Crippen LogP contribution < -0.4 is 5.73 Å². The monoisotopic (exact) mass is 285 g/mol. The van der Waals surface area contributed by atoms with Crippen LogP contribution in [0.2, 0.25) is 0 Å². The molecule has 0 saturated carbocycles. The summed E-state index contributed by atoms with van der Waals surface area (Å²) in [6.07, 6.45) is 0. The Bertz CT molecular complexity index is 579. The number of benzene rings is 2. The predicted molar refractivity (Wildman–Crippen MR) is 90.3 cm³/mol. The van der Waals surface area contributed by atoms with Gasteiger partial charge >= 0.3 is 0 Å². The van der Waals surface area contributed by atoms with Gasteiger partial charge in [0.25, 0.3) is 0 Å². The largest absolute Gasteiger partial charge is 0.399 e. The Hall–Kier alpha value is -1.41. The van der Waals surface area contributed by atoms with E-state index < -0.39 is 0 Å². The van der Waals surface area contributed by atoms with E-state index in [2.05, 4.69) is 58.0 Å². The van der Waals surface area contributed by atoms with Gasteiger partial charge in [-0.05, 0) is 47.2 Å². The third kappa shape index (κ3) is 3.57. The van der Waals surface area contributed by atoms with Gasteiger partial charge in [-0.3, -0.25) is 0 Å². The van der Waals surface area contributed by atoms with E-state index in [4.69, 9.17) is 5.73 Å². The average molecular weight is 285 g/mol. The highest BCUT2D eigenvalue weighted by atomic mass is 32.2. The molecule has 0 amide bonds. The number of nitrogen functional groups attached to an aromatic ring is 1. The van der Waals surface area contributed by atoms with Gasteiger partial charge in [-0.2, -0.15) is 0 Å². The van der Waals surface area contributed by atoms with Gasteiger partial charge in [-0.25, -0.2) is 0 Å². The van der Waals surface area contributed by atoms with Crippen molar-refractivity contribution in [3.05, 3.63) is 59.2 Å². The van der Waals surface area contributed by atoms with Gasteiger partial charge in [0.05, 0.1) is 0 Å². The first-order valence-corrected chi connectivity index (χ1v) is 7.94. The summed E-state index contributed by atoms with van der Waals surface area (Å²) in [6.45, 7) is 8.82. The normalized spacial score (nSPS) is 11.6. The number of hydrogen-bond acceptors (Lipinski definition) is 2. The van der Waals surface area contributed by atoms with Crippen molar-refractivity contribution in [2.24, 2.45) is 0 Å². The first kappa shape index (κ1) is 15.0. The average Bonchev–Trinajstić information content (AvgIpc) is 2.40. The molecule has 0 aliphatic rings. The van der Waals surface area contributed by atoms with Gasteiger partial charge in [0, 0.05) is 16.3 Å². The molecule has 2 aromatic rings. The zero-order valence-corrected chi connectivity index (χ0v) is 13.6. The minimum atomic E-state index is 0.216. The fraction of sp³-hybridized carbons (Fsp3) is 0.333. The molecule has 2 rings (SSSR count). The Morgan fingerprint density at radius 1 is 1.00 bits per heavy atom. The summed E-state index contributed by atoms with van der Waals surface area (Å²) in [5, 5.41) is 0. The van der Waals surface area contributed by atoms with Crippen LogP contribution in [0.4, 0.5) is 5.69 Å². The zero-order chi connectivity index (χ0) is 14.8. The lowest BCUT2D eigenvalue weighted by Gasteiger charge is -2.19. The predicted octanol–water partition coefficient (Wildman–Crippen LogP) is 5.17. The van der Waals surface area contributed by atoms with E-state index in [1.807, 2.05) is 23.9 Å². The molecule has 2 N–H and O–H groups in total. The second-order valence-electron chi connectivity index (χ2n) is 6.19. The molecule has 0 aliphatic carbocycles.